The third-order valence-electron chi connectivity index (χ3n) is 5.67. The molecule has 0 aliphatic carbocycles. The Bertz CT molecular complexity index is 1340. The summed E-state index contributed by atoms with van der Waals surface area (Å²) < 4.78 is 45.5. The van der Waals surface area contributed by atoms with Gasteiger partial charge in [0.1, 0.15) is 11.5 Å². The van der Waals surface area contributed by atoms with Crippen LogP contribution in [0.4, 0.5) is 24.5 Å². The number of furan rings is 1. The largest absolute Gasteiger partial charge is 0.457 e. The number of carbonyl (C=O) groups is 1. The second-order valence-corrected chi connectivity index (χ2v) is 7.83. The van der Waals surface area contributed by atoms with Gasteiger partial charge >= 0.3 is 6.18 Å². The first-order valence-corrected chi connectivity index (χ1v) is 10.3. The number of alkyl halides is 3. The summed E-state index contributed by atoms with van der Waals surface area (Å²) >= 11 is 0. The Balaban J connectivity index is 1.59. The topological polar surface area (TPSA) is 45.5 Å². The summed E-state index contributed by atoms with van der Waals surface area (Å²) in [6.45, 7) is 1.91. The Morgan fingerprint density at radius 2 is 1.67 bits per heavy atom. The van der Waals surface area contributed by atoms with Crippen molar-refractivity contribution >= 4 is 17.3 Å². The van der Waals surface area contributed by atoms with Gasteiger partial charge in [0.05, 0.1) is 11.1 Å². The fraction of sp³-hybridized carbons (Fsp3) is 0.115. The summed E-state index contributed by atoms with van der Waals surface area (Å²) in [7, 11) is 0. The average Bonchev–Trinajstić information content (AvgIpc) is 3.30. The Hall–Kier alpha value is -4.00. The molecule has 1 N–H and O–H groups in total. The highest BCUT2D eigenvalue weighted by Crippen LogP contribution is 2.40. The second kappa shape index (κ2) is 7.85. The van der Waals surface area contributed by atoms with E-state index in [1.54, 1.807) is 35.2 Å². The van der Waals surface area contributed by atoms with E-state index in [4.69, 9.17) is 4.42 Å². The van der Waals surface area contributed by atoms with Gasteiger partial charge in [-0.25, -0.2) is 0 Å². The zero-order valence-electron chi connectivity index (χ0n) is 17.6. The van der Waals surface area contributed by atoms with Crippen molar-refractivity contribution in [1.29, 1.82) is 0 Å². The third-order valence-corrected chi connectivity index (χ3v) is 5.67. The van der Waals surface area contributed by atoms with Crippen LogP contribution in [0.3, 0.4) is 0 Å². The van der Waals surface area contributed by atoms with Gasteiger partial charge < -0.3 is 9.73 Å². The van der Waals surface area contributed by atoms with Crippen LogP contribution < -0.4 is 10.2 Å². The summed E-state index contributed by atoms with van der Waals surface area (Å²) in [5, 5.41) is 3.35. The number of aryl methyl sites for hydroxylation is 1. The van der Waals surface area contributed by atoms with Gasteiger partial charge in [-0.05, 0) is 55.0 Å². The van der Waals surface area contributed by atoms with E-state index in [0.29, 0.717) is 28.3 Å². The Labute approximate surface area is 188 Å². The quantitative estimate of drug-likeness (QED) is 0.365. The molecule has 1 amide bonds. The first-order valence-electron chi connectivity index (χ1n) is 10.3. The van der Waals surface area contributed by atoms with Crippen molar-refractivity contribution < 1.29 is 22.4 Å². The predicted molar refractivity (Wildman–Crippen MR) is 120 cm³/mol. The van der Waals surface area contributed by atoms with Crippen LogP contribution in [0.2, 0.25) is 0 Å². The number of fused-ring (bicyclic) bond motifs is 1. The van der Waals surface area contributed by atoms with E-state index in [1.807, 2.05) is 43.3 Å². The van der Waals surface area contributed by atoms with Crippen molar-refractivity contribution in [3.63, 3.8) is 0 Å². The van der Waals surface area contributed by atoms with Crippen molar-refractivity contribution in [2.24, 2.45) is 0 Å². The molecule has 0 bridgehead atoms. The summed E-state index contributed by atoms with van der Waals surface area (Å²) in [6.07, 6.45) is -5.12. The average molecular weight is 448 g/mol. The lowest BCUT2D eigenvalue weighted by atomic mass is 10.0. The van der Waals surface area contributed by atoms with Crippen LogP contribution in [-0.2, 0) is 6.18 Å². The molecule has 1 aromatic heterocycles. The van der Waals surface area contributed by atoms with E-state index in [9.17, 15) is 18.0 Å². The fourth-order valence-corrected chi connectivity index (χ4v) is 4.04. The van der Waals surface area contributed by atoms with E-state index in [0.717, 1.165) is 17.7 Å². The van der Waals surface area contributed by atoms with Crippen LogP contribution in [0.15, 0.2) is 89.3 Å². The van der Waals surface area contributed by atoms with E-state index in [-0.39, 0.29) is 11.7 Å². The smallest absolute Gasteiger partial charge is 0.416 e. The summed E-state index contributed by atoms with van der Waals surface area (Å²) in [5.74, 6) is 0.503. The molecule has 7 heteroatoms. The molecule has 0 unspecified atom stereocenters. The summed E-state index contributed by atoms with van der Waals surface area (Å²) in [5.41, 5.74) is 2.37. The van der Waals surface area contributed by atoms with Gasteiger partial charge in [-0.1, -0.05) is 42.5 Å². The van der Waals surface area contributed by atoms with E-state index >= 15 is 0 Å². The van der Waals surface area contributed by atoms with Crippen LogP contribution in [0.5, 0.6) is 0 Å². The van der Waals surface area contributed by atoms with Crippen molar-refractivity contribution in [1.82, 2.24) is 0 Å². The molecule has 0 fully saturated rings. The number of carbonyl (C=O) groups excluding carboxylic acids is 1. The standard InChI is InChI=1S/C26H19F3N2O2/c1-16-7-2-5-12-21(16)31-24(30-20-11-4-3-10-19(20)25(31)32)23-14-13-22(33-23)17-8-6-9-18(15-17)26(27,28)29/h2-15,24,30H,1H3/t24-/m0/s1. The van der Waals surface area contributed by atoms with Gasteiger partial charge in [-0.15, -0.1) is 0 Å². The molecule has 33 heavy (non-hydrogen) atoms. The highest BCUT2D eigenvalue weighted by Gasteiger charge is 2.36. The summed E-state index contributed by atoms with van der Waals surface area (Å²) in [6, 6.07) is 23.0. The maximum absolute atomic E-state index is 13.5. The Morgan fingerprint density at radius 1 is 0.909 bits per heavy atom. The molecule has 4 nitrogen and oxygen atoms in total. The van der Waals surface area contributed by atoms with Crippen molar-refractivity contribution in [2.75, 3.05) is 10.2 Å². The molecule has 1 aliphatic heterocycles. The third kappa shape index (κ3) is 3.75. The van der Waals surface area contributed by atoms with Crippen LogP contribution >= 0.6 is 0 Å². The SMILES string of the molecule is Cc1ccccc1N1C(=O)c2ccccc2N[C@@H]1c1ccc(-c2cccc(C(F)(F)F)c2)o1. The number of anilines is 2. The Morgan fingerprint density at radius 3 is 2.45 bits per heavy atom. The number of para-hydroxylation sites is 2. The predicted octanol–water partition coefficient (Wildman–Crippen LogP) is 7.04. The highest BCUT2D eigenvalue weighted by molar-refractivity contribution is 6.12. The van der Waals surface area contributed by atoms with Gasteiger partial charge in [-0.2, -0.15) is 13.2 Å². The highest BCUT2D eigenvalue weighted by atomic mass is 19.4. The number of benzene rings is 3. The first kappa shape index (κ1) is 20.9. The zero-order valence-corrected chi connectivity index (χ0v) is 17.6. The molecule has 0 spiro atoms. The van der Waals surface area contributed by atoms with Crippen molar-refractivity contribution in [3.05, 3.63) is 107 Å². The molecule has 0 saturated heterocycles. The molecule has 0 saturated carbocycles. The van der Waals surface area contributed by atoms with Gasteiger partial charge in [0, 0.05) is 16.9 Å². The molecule has 5 rings (SSSR count). The van der Waals surface area contributed by atoms with E-state index in [1.165, 1.54) is 6.07 Å². The monoisotopic (exact) mass is 448 g/mol. The van der Waals surface area contributed by atoms with Crippen LogP contribution in [-0.4, -0.2) is 5.91 Å². The number of rotatable bonds is 3. The molecule has 1 aliphatic rings. The molecule has 4 aromatic rings. The minimum atomic E-state index is -4.45. The number of hydrogen-bond acceptors (Lipinski definition) is 3. The zero-order chi connectivity index (χ0) is 23.2. The second-order valence-electron chi connectivity index (χ2n) is 7.83. The van der Waals surface area contributed by atoms with Gasteiger partial charge in [-0.3, -0.25) is 9.69 Å². The van der Waals surface area contributed by atoms with E-state index in [2.05, 4.69) is 5.32 Å². The molecule has 166 valence electrons. The van der Waals surface area contributed by atoms with Crippen LogP contribution in [0, 0.1) is 6.92 Å². The Kier molecular flexibility index (Phi) is 4.96. The number of amides is 1. The molecular formula is C26H19F3N2O2. The van der Waals surface area contributed by atoms with Crippen molar-refractivity contribution in [2.45, 2.75) is 19.3 Å². The number of hydrogen-bond donors (Lipinski definition) is 1. The minimum Gasteiger partial charge on any atom is -0.457 e. The lowest BCUT2D eigenvalue weighted by Crippen LogP contribution is -2.43. The molecule has 0 radical (unpaired) electrons. The number of nitrogens with zero attached hydrogens (tertiary/aromatic N) is 1. The molecular weight excluding hydrogens is 429 g/mol. The maximum atomic E-state index is 13.5. The van der Waals surface area contributed by atoms with Gasteiger partial charge in [0.25, 0.3) is 5.91 Å². The van der Waals surface area contributed by atoms with Gasteiger partial charge in [0.2, 0.25) is 0 Å². The first-order chi connectivity index (χ1) is 15.8. The summed E-state index contributed by atoms with van der Waals surface area (Å²) in [4.78, 5) is 15.1. The lowest BCUT2D eigenvalue weighted by molar-refractivity contribution is -0.137. The van der Waals surface area contributed by atoms with Crippen molar-refractivity contribution in [3.8, 4) is 11.3 Å². The van der Waals surface area contributed by atoms with E-state index < -0.39 is 17.9 Å². The maximum Gasteiger partial charge on any atom is 0.416 e. The van der Waals surface area contributed by atoms with Crippen LogP contribution in [0.1, 0.15) is 33.4 Å². The lowest BCUT2D eigenvalue weighted by Gasteiger charge is -2.37. The molecule has 3 aromatic carbocycles. The van der Waals surface area contributed by atoms with Gasteiger partial charge in [0.15, 0.2) is 6.17 Å². The molecule has 2 heterocycles. The van der Waals surface area contributed by atoms with Crippen LogP contribution in [0.25, 0.3) is 11.3 Å². The number of nitrogens with one attached hydrogen (secondary N) is 1. The molecule has 1 atom stereocenters. The number of halogens is 3. The fourth-order valence-electron chi connectivity index (χ4n) is 4.04. The minimum absolute atomic E-state index is 0.194. The normalized spacial score (nSPS) is 15.8.